The van der Waals surface area contributed by atoms with Crippen molar-refractivity contribution in [3.05, 3.63) is 70.7 Å². The fourth-order valence-electron chi connectivity index (χ4n) is 2.99. The molecule has 0 atom stereocenters. The van der Waals surface area contributed by atoms with E-state index < -0.39 is 0 Å². The van der Waals surface area contributed by atoms with Crippen LogP contribution in [0.3, 0.4) is 0 Å². The largest absolute Gasteiger partial charge is 0.501 e. The van der Waals surface area contributed by atoms with E-state index >= 15 is 0 Å². The lowest BCUT2D eigenvalue weighted by Crippen LogP contribution is -2.28. The molecule has 1 aromatic carbocycles. The van der Waals surface area contributed by atoms with Crippen molar-refractivity contribution < 1.29 is 9.47 Å². The number of benzene rings is 1. The van der Waals surface area contributed by atoms with Crippen LogP contribution in [0.15, 0.2) is 53.9 Å². The minimum Gasteiger partial charge on any atom is -0.501 e. The number of hydrogen-bond donors (Lipinski definition) is 0. The molecule has 28 heavy (non-hydrogen) atoms. The third-order valence-corrected chi connectivity index (χ3v) is 4.37. The smallest absolute Gasteiger partial charge is 0.352 e. The second kappa shape index (κ2) is 7.51. The Bertz CT molecular complexity index is 1210. The van der Waals surface area contributed by atoms with Crippen LogP contribution in [-0.2, 0) is 11.3 Å². The number of fused-ring (bicyclic) bond motifs is 3. The lowest BCUT2D eigenvalue weighted by atomic mass is 10.2. The molecule has 0 aliphatic carbocycles. The van der Waals surface area contributed by atoms with Gasteiger partial charge in [0, 0.05) is 6.20 Å². The van der Waals surface area contributed by atoms with Crippen molar-refractivity contribution in [2.75, 3.05) is 13.7 Å². The monoisotopic (exact) mass is 377 g/mol. The van der Waals surface area contributed by atoms with Crippen molar-refractivity contribution in [2.45, 2.75) is 13.5 Å². The maximum atomic E-state index is 13.0. The van der Waals surface area contributed by atoms with Crippen LogP contribution in [0, 0.1) is 0 Å². The molecule has 8 heteroatoms. The molecule has 0 unspecified atom stereocenters. The third-order valence-electron chi connectivity index (χ3n) is 4.37. The third kappa shape index (κ3) is 3.20. The number of rotatable bonds is 6. The molecule has 0 saturated heterocycles. The molecule has 0 fully saturated rings. The van der Waals surface area contributed by atoms with Gasteiger partial charge < -0.3 is 9.47 Å². The fourth-order valence-corrected chi connectivity index (χ4v) is 2.99. The summed E-state index contributed by atoms with van der Waals surface area (Å²) in [5.41, 5.74) is 2.53. The topological polar surface area (TPSA) is 83.5 Å². The zero-order valence-corrected chi connectivity index (χ0v) is 15.6. The lowest BCUT2D eigenvalue weighted by Gasteiger charge is -2.11. The van der Waals surface area contributed by atoms with Gasteiger partial charge in [0.15, 0.2) is 5.65 Å². The van der Waals surface area contributed by atoms with E-state index in [0.29, 0.717) is 24.4 Å². The molecule has 4 aromatic rings. The van der Waals surface area contributed by atoms with Gasteiger partial charge in [-0.3, -0.25) is 4.57 Å². The number of methoxy groups -OCH3 is 1. The molecule has 0 bridgehead atoms. The first-order valence-corrected chi connectivity index (χ1v) is 8.84. The summed E-state index contributed by atoms with van der Waals surface area (Å²) >= 11 is 0. The standard InChI is InChI=1S/C20H19N5O3/c1-3-28-9-8-15-10-17-18(21-11-15)24(20(26)25-19(17)22-13-23-25)12-14-4-6-16(27-2)7-5-14/h4-11,13H,3,12H2,1-2H3. The van der Waals surface area contributed by atoms with Crippen molar-refractivity contribution >= 4 is 22.8 Å². The molecule has 0 radical (unpaired) electrons. The van der Waals surface area contributed by atoms with Gasteiger partial charge in [-0.25, -0.2) is 14.8 Å². The first-order valence-electron chi connectivity index (χ1n) is 8.84. The van der Waals surface area contributed by atoms with Crippen molar-refractivity contribution in [1.82, 2.24) is 24.1 Å². The Morgan fingerprint density at radius 2 is 1.96 bits per heavy atom. The van der Waals surface area contributed by atoms with Crippen LogP contribution >= 0.6 is 0 Å². The maximum Gasteiger partial charge on any atom is 0.352 e. The first-order chi connectivity index (χ1) is 13.7. The van der Waals surface area contributed by atoms with E-state index in [-0.39, 0.29) is 5.69 Å². The van der Waals surface area contributed by atoms with Gasteiger partial charge in [0.1, 0.15) is 17.7 Å². The van der Waals surface area contributed by atoms with Gasteiger partial charge in [-0.2, -0.15) is 9.61 Å². The van der Waals surface area contributed by atoms with Crippen molar-refractivity contribution in [1.29, 1.82) is 0 Å². The molecule has 0 amide bonds. The molecule has 0 N–H and O–H groups in total. The SMILES string of the molecule is CCOC=Cc1cnc2c(c1)c1ncnn1c(=O)n2Cc1ccc(OC)cc1. The lowest BCUT2D eigenvalue weighted by molar-refractivity contribution is 0.272. The normalized spacial score (nSPS) is 11.5. The number of ether oxygens (including phenoxy) is 2. The van der Waals surface area contributed by atoms with Crippen LogP contribution in [0.25, 0.3) is 22.8 Å². The van der Waals surface area contributed by atoms with E-state index in [1.165, 1.54) is 10.8 Å². The Hall–Kier alpha value is -3.68. The molecule has 3 aromatic heterocycles. The molecule has 4 rings (SSSR count). The van der Waals surface area contributed by atoms with Crippen molar-refractivity contribution in [3.63, 3.8) is 0 Å². The van der Waals surface area contributed by atoms with E-state index in [2.05, 4.69) is 15.1 Å². The highest BCUT2D eigenvalue weighted by Crippen LogP contribution is 2.19. The molecule has 0 aliphatic rings. The summed E-state index contributed by atoms with van der Waals surface area (Å²) in [4.78, 5) is 21.7. The Morgan fingerprint density at radius 3 is 2.71 bits per heavy atom. The Balaban J connectivity index is 1.86. The highest BCUT2D eigenvalue weighted by Gasteiger charge is 2.14. The molecule has 3 heterocycles. The summed E-state index contributed by atoms with van der Waals surface area (Å²) in [5, 5.41) is 4.82. The summed E-state index contributed by atoms with van der Waals surface area (Å²) in [7, 11) is 1.62. The maximum absolute atomic E-state index is 13.0. The predicted octanol–water partition coefficient (Wildman–Crippen LogP) is 2.50. The van der Waals surface area contributed by atoms with E-state index in [9.17, 15) is 4.79 Å². The first kappa shape index (κ1) is 17.7. The highest BCUT2D eigenvalue weighted by atomic mass is 16.5. The number of pyridine rings is 1. The van der Waals surface area contributed by atoms with Gasteiger partial charge in [-0.15, -0.1) is 0 Å². The van der Waals surface area contributed by atoms with E-state index in [0.717, 1.165) is 22.3 Å². The molecule has 0 spiro atoms. The van der Waals surface area contributed by atoms with Crippen LogP contribution < -0.4 is 10.4 Å². The summed E-state index contributed by atoms with van der Waals surface area (Å²) in [6, 6.07) is 9.48. The number of hydrogen-bond acceptors (Lipinski definition) is 6. The molecule has 0 aliphatic heterocycles. The summed E-state index contributed by atoms with van der Waals surface area (Å²) in [6.07, 6.45) is 6.52. The average Bonchev–Trinajstić information content (AvgIpc) is 3.22. The van der Waals surface area contributed by atoms with Gasteiger partial charge in [0.05, 0.1) is 31.9 Å². The van der Waals surface area contributed by atoms with Gasteiger partial charge >= 0.3 is 5.69 Å². The molecule has 0 saturated carbocycles. The Morgan fingerprint density at radius 1 is 1.14 bits per heavy atom. The molecular formula is C20H19N5O3. The van der Waals surface area contributed by atoms with E-state index in [1.807, 2.05) is 43.3 Å². The molecule has 142 valence electrons. The fraction of sp³-hybridized carbons (Fsp3) is 0.200. The number of aromatic nitrogens is 5. The van der Waals surface area contributed by atoms with Gasteiger partial charge in [0.2, 0.25) is 0 Å². The summed E-state index contributed by atoms with van der Waals surface area (Å²) < 4.78 is 13.3. The Labute approximate surface area is 160 Å². The quantitative estimate of drug-likeness (QED) is 0.480. The van der Waals surface area contributed by atoms with Crippen LogP contribution in [0.2, 0.25) is 0 Å². The average molecular weight is 377 g/mol. The zero-order valence-electron chi connectivity index (χ0n) is 15.6. The zero-order chi connectivity index (χ0) is 19.5. The summed E-state index contributed by atoms with van der Waals surface area (Å²) in [5.74, 6) is 0.761. The van der Waals surface area contributed by atoms with Gasteiger partial charge in [-0.05, 0) is 42.3 Å². The molecule has 8 nitrogen and oxygen atoms in total. The van der Waals surface area contributed by atoms with E-state index in [1.54, 1.807) is 24.1 Å². The molecular weight excluding hydrogens is 358 g/mol. The van der Waals surface area contributed by atoms with Crippen LogP contribution in [-0.4, -0.2) is 37.9 Å². The second-order valence-corrected chi connectivity index (χ2v) is 6.11. The Kier molecular flexibility index (Phi) is 4.76. The second-order valence-electron chi connectivity index (χ2n) is 6.11. The van der Waals surface area contributed by atoms with E-state index in [4.69, 9.17) is 9.47 Å². The van der Waals surface area contributed by atoms with Crippen LogP contribution in [0.1, 0.15) is 18.1 Å². The predicted molar refractivity (Wildman–Crippen MR) is 105 cm³/mol. The highest BCUT2D eigenvalue weighted by molar-refractivity contribution is 5.90. The minimum absolute atomic E-state index is 0.291. The van der Waals surface area contributed by atoms with Crippen LogP contribution in [0.5, 0.6) is 5.75 Å². The van der Waals surface area contributed by atoms with Crippen molar-refractivity contribution in [3.8, 4) is 5.75 Å². The summed E-state index contributed by atoms with van der Waals surface area (Å²) in [6.45, 7) is 2.87. The van der Waals surface area contributed by atoms with Gasteiger partial charge in [-0.1, -0.05) is 12.1 Å². The number of nitrogens with zero attached hydrogens (tertiary/aromatic N) is 5. The van der Waals surface area contributed by atoms with Gasteiger partial charge in [0.25, 0.3) is 0 Å². The van der Waals surface area contributed by atoms with Crippen molar-refractivity contribution in [2.24, 2.45) is 0 Å². The van der Waals surface area contributed by atoms with Crippen LogP contribution in [0.4, 0.5) is 0 Å². The minimum atomic E-state index is -0.291.